The van der Waals surface area contributed by atoms with Gasteiger partial charge >= 0.3 is 6.18 Å². The lowest BCUT2D eigenvalue weighted by Gasteiger charge is -2.25. The molecule has 27 heavy (non-hydrogen) atoms. The molecule has 2 aromatic heterocycles. The van der Waals surface area contributed by atoms with E-state index in [-0.39, 0.29) is 17.6 Å². The van der Waals surface area contributed by atoms with Gasteiger partial charge in [0, 0.05) is 24.9 Å². The number of aromatic nitrogens is 3. The highest BCUT2D eigenvalue weighted by Gasteiger charge is 2.37. The Bertz CT molecular complexity index is 811. The lowest BCUT2D eigenvalue weighted by atomic mass is 10.1. The predicted octanol–water partition coefficient (Wildman–Crippen LogP) is 4.04. The van der Waals surface area contributed by atoms with Crippen LogP contribution in [0, 0.1) is 5.92 Å². The van der Waals surface area contributed by atoms with Gasteiger partial charge in [-0.05, 0) is 43.7 Å². The van der Waals surface area contributed by atoms with E-state index < -0.39 is 11.9 Å². The van der Waals surface area contributed by atoms with Crippen molar-refractivity contribution in [2.75, 3.05) is 26.3 Å². The number of alkyl halides is 3. The number of fused-ring (bicyclic) bond motifs is 1. The zero-order valence-electron chi connectivity index (χ0n) is 15.7. The van der Waals surface area contributed by atoms with Crippen molar-refractivity contribution in [1.82, 2.24) is 19.5 Å². The Morgan fingerprint density at radius 2 is 2.07 bits per heavy atom. The Morgan fingerprint density at radius 1 is 1.26 bits per heavy atom. The standard InChI is InChI=1S/C19H25F3N4O/c1-12(2)14-8-17(19(20,21)22)26-18(23-14)9-15(24-26)16-4-3-6-25(16)10-13-5-7-27-11-13/h8-9,12-13,16H,3-7,10-11H2,1-2H3. The first-order valence-corrected chi connectivity index (χ1v) is 9.62. The minimum Gasteiger partial charge on any atom is -0.381 e. The third-order valence-electron chi connectivity index (χ3n) is 5.57. The van der Waals surface area contributed by atoms with Crippen LogP contribution in [-0.2, 0) is 10.9 Å². The van der Waals surface area contributed by atoms with Gasteiger partial charge in [-0.2, -0.15) is 18.3 Å². The lowest BCUT2D eigenvalue weighted by molar-refractivity contribution is -0.142. The molecular weight excluding hydrogens is 357 g/mol. The van der Waals surface area contributed by atoms with Crippen molar-refractivity contribution in [2.24, 2.45) is 5.92 Å². The van der Waals surface area contributed by atoms with E-state index in [1.165, 1.54) is 0 Å². The van der Waals surface area contributed by atoms with Gasteiger partial charge in [0.2, 0.25) is 0 Å². The van der Waals surface area contributed by atoms with E-state index in [4.69, 9.17) is 4.74 Å². The minimum atomic E-state index is -4.47. The van der Waals surface area contributed by atoms with Crippen LogP contribution >= 0.6 is 0 Å². The van der Waals surface area contributed by atoms with E-state index in [1.807, 2.05) is 13.8 Å². The molecule has 2 saturated heterocycles. The maximum absolute atomic E-state index is 13.6. The molecule has 2 atom stereocenters. The highest BCUT2D eigenvalue weighted by atomic mass is 19.4. The average Bonchev–Trinajstić information content (AvgIpc) is 3.33. The topological polar surface area (TPSA) is 42.7 Å². The van der Waals surface area contributed by atoms with Crippen LogP contribution in [0.2, 0.25) is 0 Å². The van der Waals surface area contributed by atoms with Crippen molar-refractivity contribution in [3.63, 3.8) is 0 Å². The fourth-order valence-corrected chi connectivity index (χ4v) is 4.11. The molecule has 148 valence electrons. The molecule has 4 heterocycles. The fourth-order valence-electron chi connectivity index (χ4n) is 4.11. The van der Waals surface area contributed by atoms with Gasteiger partial charge in [0.1, 0.15) is 5.69 Å². The van der Waals surface area contributed by atoms with Crippen molar-refractivity contribution in [3.8, 4) is 0 Å². The van der Waals surface area contributed by atoms with Crippen molar-refractivity contribution >= 4 is 5.65 Å². The van der Waals surface area contributed by atoms with Crippen LogP contribution in [0.4, 0.5) is 13.2 Å². The molecule has 8 heteroatoms. The molecule has 2 aliphatic heterocycles. The van der Waals surface area contributed by atoms with Crippen LogP contribution in [0.25, 0.3) is 5.65 Å². The van der Waals surface area contributed by atoms with Gasteiger partial charge in [0.05, 0.1) is 18.3 Å². The number of halogens is 3. The van der Waals surface area contributed by atoms with E-state index in [0.717, 1.165) is 56.1 Å². The normalized spacial score (nSPS) is 24.5. The first kappa shape index (κ1) is 18.7. The zero-order chi connectivity index (χ0) is 19.2. The summed E-state index contributed by atoms with van der Waals surface area (Å²) in [5, 5.41) is 4.35. The Kier molecular flexibility index (Phi) is 4.88. The molecule has 0 N–H and O–H groups in total. The average molecular weight is 382 g/mol. The van der Waals surface area contributed by atoms with Crippen LogP contribution in [-0.4, -0.2) is 45.8 Å². The molecule has 0 aliphatic carbocycles. The van der Waals surface area contributed by atoms with Crippen molar-refractivity contribution < 1.29 is 17.9 Å². The predicted molar refractivity (Wildman–Crippen MR) is 94.6 cm³/mol. The smallest absolute Gasteiger partial charge is 0.381 e. The Labute approximate surface area is 156 Å². The van der Waals surface area contributed by atoms with E-state index in [0.29, 0.717) is 17.3 Å². The van der Waals surface area contributed by atoms with Crippen LogP contribution in [0.5, 0.6) is 0 Å². The SMILES string of the molecule is CC(C)c1cc(C(F)(F)F)n2nc(C3CCCN3CC3CCOC3)cc2n1. The number of hydrogen-bond donors (Lipinski definition) is 0. The first-order valence-electron chi connectivity index (χ1n) is 9.62. The van der Waals surface area contributed by atoms with Crippen LogP contribution in [0.3, 0.4) is 0 Å². The molecule has 0 radical (unpaired) electrons. The summed E-state index contributed by atoms with van der Waals surface area (Å²) in [7, 11) is 0. The molecule has 0 amide bonds. The summed E-state index contributed by atoms with van der Waals surface area (Å²) in [5.41, 5.74) is 0.647. The second kappa shape index (κ2) is 7.05. The van der Waals surface area contributed by atoms with Crippen LogP contribution in [0.1, 0.15) is 62.2 Å². The maximum Gasteiger partial charge on any atom is 0.433 e. The summed E-state index contributed by atoms with van der Waals surface area (Å²) in [6.45, 7) is 7.12. The number of ether oxygens (including phenoxy) is 1. The molecule has 0 aromatic carbocycles. The quantitative estimate of drug-likeness (QED) is 0.800. The molecular formula is C19H25F3N4O. The minimum absolute atomic E-state index is 0.0517. The fraction of sp³-hybridized carbons (Fsp3) is 0.684. The van der Waals surface area contributed by atoms with Gasteiger partial charge < -0.3 is 4.74 Å². The Hall–Kier alpha value is -1.67. The molecule has 2 aromatic rings. The zero-order valence-corrected chi connectivity index (χ0v) is 15.7. The summed E-state index contributed by atoms with van der Waals surface area (Å²) in [6, 6.07) is 2.90. The second-order valence-electron chi connectivity index (χ2n) is 7.94. The van der Waals surface area contributed by atoms with E-state index in [2.05, 4.69) is 15.0 Å². The molecule has 2 unspecified atom stereocenters. The largest absolute Gasteiger partial charge is 0.433 e. The molecule has 0 saturated carbocycles. The van der Waals surface area contributed by atoms with Crippen molar-refractivity contribution in [2.45, 2.75) is 51.2 Å². The van der Waals surface area contributed by atoms with E-state index in [1.54, 1.807) is 6.07 Å². The second-order valence-corrected chi connectivity index (χ2v) is 7.94. The van der Waals surface area contributed by atoms with E-state index >= 15 is 0 Å². The monoisotopic (exact) mass is 382 g/mol. The van der Waals surface area contributed by atoms with Gasteiger partial charge in [-0.15, -0.1) is 0 Å². The van der Waals surface area contributed by atoms with Crippen LogP contribution < -0.4 is 0 Å². The summed E-state index contributed by atoms with van der Waals surface area (Å²) < 4.78 is 47.2. The summed E-state index contributed by atoms with van der Waals surface area (Å²) >= 11 is 0. The lowest BCUT2D eigenvalue weighted by Crippen LogP contribution is -2.29. The number of nitrogens with zero attached hydrogens (tertiary/aromatic N) is 4. The molecule has 2 aliphatic rings. The van der Waals surface area contributed by atoms with Gasteiger partial charge in [-0.1, -0.05) is 13.8 Å². The molecule has 5 nitrogen and oxygen atoms in total. The number of hydrogen-bond acceptors (Lipinski definition) is 4. The molecule has 2 fully saturated rings. The van der Waals surface area contributed by atoms with E-state index in [9.17, 15) is 13.2 Å². The Morgan fingerprint density at radius 3 is 2.74 bits per heavy atom. The van der Waals surface area contributed by atoms with Crippen molar-refractivity contribution in [1.29, 1.82) is 0 Å². The molecule has 4 rings (SSSR count). The maximum atomic E-state index is 13.6. The number of rotatable bonds is 4. The third kappa shape index (κ3) is 3.69. The summed E-state index contributed by atoms with van der Waals surface area (Å²) in [5.74, 6) is 0.416. The Balaban J connectivity index is 1.69. The summed E-state index contributed by atoms with van der Waals surface area (Å²) in [6.07, 6.45) is -1.48. The summed E-state index contributed by atoms with van der Waals surface area (Å²) in [4.78, 5) is 6.78. The highest BCUT2D eigenvalue weighted by molar-refractivity contribution is 5.44. The van der Waals surface area contributed by atoms with Gasteiger partial charge in [-0.3, -0.25) is 4.90 Å². The molecule has 0 bridgehead atoms. The first-order chi connectivity index (χ1) is 12.8. The number of likely N-dealkylation sites (tertiary alicyclic amines) is 1. The molecule has 0 spiro atoms. The van der Waals surface area contributed by atoms with Gasteiger partial charge in [0.15, 0.2) is 5.65 Å². The van der Waals surface area contributed by atoms with Gasteiger partial charge in [0.25, 0.3) is 0 Å². The highest BCUT2D eigenvalue weighted by Crippen LogP contribution is 2.35. The third-order valence-corrected chi connectivity index (χ3v) is 5.57. The van der Waals surface area contributed by atoms with Crippen LogP contribution in [0.15, 0.2) is 12.1 Å². The van der Waals surface area contributed by atoms with Gasteiger partial charge in [-0.25, -0.2) is 9.50 Å². The van der Waals surface area contributed by atoms with Crippen molar-refractivity contribution in [3.05, 3.63) is 29.2 Å².